The fraction of sp³-hybridized carbons (Fsp3) is 0.107. The molecule has 180 valence electrons. The summed E-state index contributed by atoms with van der Waals surface area (Å²) in [6, 6.07) is 23.2. The zero-order valence-corrected chi connectivity index (χ0v) is 20.5. The molecular formula is C28H23FN4O2S. The van der Waals surface area contributed by atoms with Crippen LogP contribution in [0.5, 0.6) is 5.75 Å². The number of anilines is 1. The number of amides is 1. The van der Waals surface area contributed by atoms with Crippen molar-refractivity contribution in [2.75, 3.05) is 5.32 Å². The van der Waals surface area contributed by atoms with Gasteiger partial charge < -0.3 is 4.74 Å². The van der Waals surface area contributed by atoms with Crippen molar-refractivity contribution in [1.82, 2.24) is 14.6 Å². The maximum absolute atomic E-state index is 13.4. The lowest BCUT2D eigenvalue weighted by Gasteiger charge is -2.10. The second-order valence-electron chi connectivity index (χ2n) is 8.37. The van der Waals surface area contributed by atoms with E-state index in [4.69, 9.17) is 4.74 Å². The van der Waals surface area contributed by atoms with E-state index in [-0.39, 0.29) is 23.8 Å². The first-order valence-corrected chi connectivity index (χ1v) is 12.3. The molecule has 2 aromatic heterocycles. The third-order valence-electron chi connectivity index (χ3n) is 5.34. The van der Waals surface area contributed by atoms with E-state index in [1.165, 1.54) is 23.5 Å². The molecule has 1 N–H and O–H groups in total. The fourth-order valence-corrected chi connectivity index (χ4v) is 4.53. The van der Waals surface area contributed by atoms with E-state index in [0.29, 0.717) is 10.5 Å². The number of aromatic nitrogens is 3. The van der Waals surface area contributed by atoms with Gasteiger partial charge in [0.15, 0.2) is 0 Å². The number of benzene rings is 3. The van der Waals surface area contributed by atoms with Crippen molar-refractivity contribution in [3.63, 3.8) is 0 Å². The van der Waals surface area contributed by atoms with E-state index in [0.717, 1.165) is 28.1 Å². The third kappa shape index (κ3) is 5.18. The third-order valence-corrected chi connectivity index (χ3v) is 6.16. The number of ether oxygens (including phenoxy) is 1. The first-order valence-electron chi connectivity index (χ1n) is 11.4. The van der Waals surface area contributed by atoms with Crippen LogP contribution >= 0.6 is 11.3 Å². The number of hydrogen-bond acceptors (Lipinski definition) is 5. The molecular weight excluding hydrogens is 475 g/mol. The summed E-state index contributed by atoms with van der Waals surface area (Å²) in [6.07, 6.45) is 1.91. The van der Waals surface area contributed by atoms with Gasteiger partial charge in [0.2, 0.25) is 4.96 Å². The van der Waals surface area contributed by atoms with Gasteiger partial charge >= 0.3 is 0 Å². The summed E-state index contributed by atoms with van der Waals surface area (Å²) in [6.45, 7) is 3.95. The van der Waals surface area contributed by atoms with Gasteiger partial charge in [-0.15, -0.1) is 16.4 Å². The smallest absolute Gasteiger partial charge is 0.258 e. The van der Waals surface area contributed by atoms with Gasteiger partial charge in [0.25, 0.3) is 11.9 Å². The predicted molar refractivity (Wildman–Crippen MR) is 141 cm³/mol. The lowest BCUT2D eigenvalue weighted by atomic mass is 10.0. The Balaban J connectivity index is 1.43. The maximum atomic E-state index is 13.4. The Kier molecular flexibility index (Phi) is 6.60. The largest absolute Gasteiger partial charge is 0.491 e. The zero-order valence-electron chi connectivity index (χ0n) is 19.7. The molecule has 36 heavy (non-hydrogen) atoms. The van der Waals surface area contributed by atoms with E-state index in [1.54, 1.807) is 16.6 Å². The lowest BCUT2D eigenvalue weighted by Crippen LogP contribution is -2.15. The van der Waals surface area contributed by atoms with Gasteiger partial charge in [0.1, 0.15) is 11.6 Å². The zero-order chi connectivity index (χ0) is 25.1. The van der Waals surface area contributed by atoms with E-state index in [9.17, 15) is 9.18 Å². The number of thiazole rings is 1. The van der Waals surface area contributed by atoms with Gasteiger partial charge in [0.05, 0.1) is 11.8 Å². The molecule has 0 radical (unpaired) electrons. The number of halogens is 1. The summed E-state index contributed by atoms with van der Waals surface area (Å²) in [5.41, 5.74) is 3.68. The molecule has 0 aliphatic carbocycles. The highest BCUT2D eigenvalue weighted by Crippen LogP contribution is 2.27. The Morgan fingerprint density at radius 3 is 2.44 bits per heavy atom. The summed E-state index contributed by atoms with van der Waals surface area (Å²) in [7, 11) is 0. The second-order valence-corrected chi connectivity index (χ2v) is 9.21. The monoisotopic (exact) mass is 498 g/mol. The summed E-state index contributed by atoms with van der Waals surface area (Å²) in [4.78, 5) is 18.5. The van der Waals surface area contributed by atoms with E-state index in [1.807, 2.05) is 79.9 Å². The lowest BCUT2D eigenvalue weighted by molar-refractivity contribution is -0.111. The number of nitrogens with zero attached hydrogens (tertiary/aromatic N) is 3. The predicted octanol–water partition coefficient (Wildman–Crippen LogP) is 6.56. The molecule has 0 atom stereocenters. The summed E-state index contributed by atoms with van der Waals surface area (Å²) < 4.78 is 20.7. The van der Waals surface area contributed by atoms with Crippen molar-refractivity contribution >= 4 is 39.8 Å². The minimum atomic E-state index is -0.328. The van der Waals surface area contributed by atoms with Crippen LogP contribution in [0.2, 0.25) is 0 Å². The van der Waals surface area contributed by atoms with Crippen molar-refractivity contribution in [3.8, 4) is 17.0 Å². The second kappa shape index (κ2) is 10.1. The van der Waals surface area contributed by atoms with Gasteiger partial charge in [-0.2, -0.15) is 4.98 Å². The molecule has 6 nitrogen and oxygen atoms in total. The highest BCUT2D eigenvalue weighted by molar-refractivity contribution is 7.15. The molecule has 0 fully saturated rings. The number of carbonyl (C=O) groups excluding carboxylic acids is 1. The highest BCUT2D eigenvalue weighted by atomic mass is 32.1. The summed E-state index contributed by atoms with van der Waals surface area (Å²) >= 11 is 1.39. The van der Waals surface area contributed by atoms with Crippen LogP contribution in [0.15, 0.2) is 84.2 Å². The number of rotatable bonds is 7. The molecule has 0 unspecified atom stereocenters. The first kappa shape index (κ1) is 23.4. The van der Waals surface area contributed by atoms with Crippen LogP contribution in [0.3, 0.4) is 0 Å². The van der Waals surface area contributed by atoms with Crippen molar-refractivity contribution in [2.45, 2.75) is 20.0 Å². The van der Waals surface area contributed by atoms with Gasteiger partial charge in [-0.25, -0.2) is 8.91 Å². The molecule has 0 aliphatic heterocycles. The molecule has 3 aromatic carbocycles. The van der Waals surface area contributed by atoms with Gasteiger partial charge in [-0.1, -0.05) is 42.5 Å². The Labute approximate surface area is 211 Å². The SMILES string of the molecule is CC(C)Oc1ccc(/C=C(/C(=O)Nc2nc3scc(-c4ccc(F)cc4)n3n2)c2ccccc2)cc1. The summed E-state index contributed by atoms with van der Waals surface area (Å²) in [5.74, 6) is 0.328. The normalized spacial score (nSPS) is 11.7. The average molecular weight is 499 g/mol. The standard InChI is InChI=1S/C28H23FN4O2S/c1-18(2)35-23-14-8-19(9-15-23)16-24(20-6-4-3-5-7-20)26(34)30-27-31-28-33(32-27)25(17-36-28)21-10-12-22(29)13-11-21/h3-18H,1-2H3,(H,30,32,34)/b24-16+. The quantitative estimate of drug-likeness (QED) is 0.204. The Morgan fingerprint density at radius 1 is 1.03 bits per heavy atom. The van der Waals surface area contributed by atoms with Crippen LogP contribution < -0.4 is 10.1 Å². The molecule has 0 spiro atoms. The molecule has 5 rings (SSSR count). The van der Waals surface area contributed by atoms with Gasteiger partial charge in [0, 0.05) is 16.5 Å². The molecule has 1 amide bonds. The number of carbonyl (C=O) groups is 1. The van der Waals surface area contributed by atoms with Crippen LogP contribution in [-0.4, -0.2) is 26.6 Å². The number of nitrogens with one attached hydrogen (secondary N) is 1. The molecule has 0 aliphatic rings. The van der Waals surface area contributed by atoms with Gasteiger partial charge in [-0.3, -0.25) is 10.1 Å². The average Bonchev–Trinajstić information content (AvgIpc) is 3.44. The number of fused-ring (bicyclic) bond motifs is 1. The topological polar surface area (TPSA) is 68.5 Å². The van der Waals surface area contributed by atoms with Crippen molar-refractivity contribution in [2.24, 2.45) is 0 Å². The van der Waals surface area contributed by atoms with Crippen LogP contribution in [0.4, 0.5) is 10.3 Å². The maximum Gasteiger partial charge on any atom is 0.258 e. The first-order chi connectivity index (χ1) is 17.5. The van der Waals surface area contributed by atoms with Gasteiger partial charge in [-0.05, 0) is 67.4 Å². The van der Waals surface area contributed by atoms with Crippen LogP contribution in [0.1, 0.15) is 25.0 Å². The molecule has 8 heteroatoms. The molecule has 0 bridgehead atoms. The Bertz CT molecular complexity index is 1520. The van der Waals surface area contributed by atoms with Crippen LogP contribution in [0.25, 0.3) is 27.9 Å². The Morgan fingerprint density at radius 2 is 1.75 bits per heavy atom. The highest BCUT2D eigenvalue weighted by Gasteiger charge is 2.17. The Hall–Kier alpha value is -4.30. The van der Waals surface area contributed by atoms with E-state index >= 15 is 0 Å². The molecule has 2 heterocycles. The van der Waals surface area contributed by atoms with E-state index < -0.39 is 0 Å². The van der Waals surface area contributed by atoms with Crippen molar-refractivity contribution < 1.29 is 13.9 Å². The minimum absolute atomic E-state index is 0.0812. The molecule has 0 saturated carbocycles. The minimum Gasteiger partial charge on any atom is -0.491 e. The molecule has 5 aromatic rings. The summed E-state index contributed by atoms with van der Waals surface area (Å²) in [5, 5.41) is 9.21. The number of hydrogen-bond donors (Lipinski definition) is 1. The van der Waals surface area contributed by atoms with Crippen molar-refractivity contribution in [1.29, 1.82) is 0 Å². The molecule has 0 saturated heterocycles. The van der Waals surface area contributed by atoms with Crippen molar-refractivity contribution in [3.05, 3.63) is 101 Å². The van der Waals surface area contributed by atoms with Crippen LogP contribution in [-0.2, 0) is 4.79 Å². The van der Waals surface area contributed by atoms with E-state index in [2.05, 4.69) is 15.4 Å². The van der Waals surface area contributed by atoms with Crippen LogP contribution in [0, 0.1) is 5.82 Å². The fourth-order valence-electron chi connectivity index (χ4n) is 3.70.